The number of aromatic nitrogens is 1. The van der Waals surface area contributed by atoms with E-state index in [2.05, 4.69) is 32.4 Å². The summed E-state index contributed by atoms with van der Waals surface area (Å²) in [4.78, 5) is 9.36. The molecule has 2 aliphatic rings. The number of piperidine rings is 1. The van der Waals surface area contributed by atoms with Crippen LogP contribution in [0.15, 0.2) is 11.6 Å². The molecule has 22 heavy (non-hydrogen) atoms. The van der Waals surface area contributed by atoms with Crippen molar-refractivity contribution in [2.45, 2.75) is 25.8 Å². The van der Waals surface area contributed by atoms with Crippen LogP contribution in [0.25, 0.3) is 0 Å². The molecule has 3 rings (SSSR count). The quantitative estimate of drug-likeness (QED) is 0.862. The Hall–Kier alpha value is -0.690. The van der Waals surface area contributed by atoms with Gasteiger partial charge in [0.05, 0.1) is 13.2 Å². The topological polar surface area (TPSA) is 40.6 Å². The molecule has 0 saturated carbocycles. The average Bonchev–Trinajstić information content (AvgIpc) is 3.09. The van der Waals surface area contributed by atoms with Crippen molar-refractivity contribution < 1.29 is 4.74 Å². The van der Waals surface area contributed by atoms with Crippen molar-refractivity contribution in [1.82, 2.24) is 15.2 Å². The molecule has 1 N–H and O–H groups in total. The van der Waals surface area contributed by atoms with Crippen molar-refractivity contribution in [2.75, 3.05) is 57.4 Å². The SMILES string of the molecule is C[C@H](CNC1CCN(c2nccs2)CC1)CN1CCOCC1. The van der Waals surface area contributed by atoms with Crippen LogP contribution in [0, 0.1) is 5.92 Å². The third kappa shape index (κ3) is 4.65. The molecule has 5 nitrogen and oxygen atoms in total. The molecule has 0 aliphatic carbocycles. The Morgan fingerprint density at radius 3 is 2.77 bits per heavy atom. The molecule has 0 radical (unpaired) electrons. The van der Waals surface area contributed by atoms with Crippen LogP contribution in [0.2, 0.25) is 0 Å². The molecular formula is C16H28N4OS. The first-order valence-electron chi connectivity index (χ1n) is 8.49. The van der Waals surface area contributed by atoms with Crippen LogP contribution in [-0.4, -0.2) is 68.4 Å². The molecule has 1 atom stereocenters. The van der Waals surface area contributed by atoms with Gasteiger partial charge < -0.3 is 15.0 Å². The second-order valence-electron chi connectivity index (χ2n) is 6.50. The monoisotopic (exact) mass is 324 g/mol. The number of morpholine rings is 1. The Balaban J connectivity index is 1.32. The van der Waals surface area contributed by atoms with E-state index in [-0.39, 0.29) is 0 Å². The van der Waals surface area contributed by atoms with Gasteiger partial charge in [0.1, 0.15) is 0 Å². The van der Waals surface area contributed by atoms with E-state index >= 15 is 0 Å². The third-order valence-corrected chi connectivity index (χ3v) is 5.45. The van der Waals surface area contributed by atoms with Gasteiger partial charge in [-0.1, -0.05) is 6.92 Å². The van der Waals surface area contributed by atoms with Crippen molar-refractivity contribution in [3.05, 3.63) is 11.6 Å². The molecular weight excluding hydrogens is 296 g/mol. The van der Waals surface area contributed by atoms with Gasteiger partial charge in [0.25, 0.3) is 0 Å². The Kier molecular flexibility index (Phi) is 6.06. The zero-order valence-corrected chi connectivity index (χ0v) is 14.4. The highest BCUT2D eigenvalue weighted by Gasteiger charge is 2.21. The molecule has 1 aromatic rings. The lowest BCUT2D eigenvalue weighted by molar-refractivity contribution is 0.0316. The summed E-state index contributed by atoms with van der Waals surface area (Å²) >= 11 is 1.75. The van der Waals surface area contributed by atoms with Gasteiger partial charge >= 0.3 is 0 Å². The van der Waals surface area contributed by atoms with Gasteiger partial charge in [-0.3, -0.25) is 4.90 Å². The highest BCUT2D eigenvalue weighted by atomic mass is 32.1. The van der Waals surface area contributed by atoms with Crippen LogP contribution < -0.4 is 10.2 Å². The summed E-state index contributed by atoms with van der Waals surface area (Å²) in [5.74, 6) is 0.704. The lowest BCUT2D eigenvalue weighted by Gasteiger charge is -2.34. The first-order chi connectivity index (χ1) is 10.8. The van der Waals surface area contributed by atoms with E-state index in [1.165, 1.54) is 24.5 Å². The molecule has 0 aromatic carbocycles. The van der Waals surface area contributed by atoms with E-state index in [9.17, 15) is 0 Å². The minimum atomic E-state index is 0.670. The smallest absolute Gasteiger partial charge is 0.185 e. The number of thiazole rings is 1. The van der Waals surface area contributed by atoms with Crippen LogP contribution >= 0.6 is 11.3 Å². The minimum Gasteiger partial charge on any atom is -0.379 e. The number of nitrogens with zero attached hydrogens (tertiary/aromatic N) is 3. The fourth-order valence-electron chi connectivity index (χ4n) is 3.30. The summed E-state index contributed by atoms with van der Waals surface area (Å²) in [6, 6.07) is 0.670. The summed E-state index contributed by atoms with van der Waals surface area (Å²) in [6.07, 6.45) is 4.35. The molecule has 3 heterocycles. The number of ether oxygens (including phenoxy) is 1. The van der Waals surface area contributed by atoms with Crippen molar-refractivity contribution in [2.24, 2.45) is 5.92 Å². The summed E-state index contributed by atoms with van der Waals surface area (Å²) in [5, 5.41) is 7.02. The van der Waals surface area contributed by atoms with E-state index in [4.69, 9.17) is 4.74 Å². The average molecular weight is 324 g/mol. The van der Waals surface area contributed by atoms with Crippen LogP contribution in [0.3, 0.4) is 0 Å². The number of anilines is 1. The van der Waals surface area contributed by atoms with Gasteiger partial charge in [0, 0.05) is 50.3 Å². The highest BCUT2D eigenvalue weighted by molar-refractivity contribution is 7.13. The molecule has 2 fully saturated rings. The Morgan fingerprint density at radius 2 is 2.09 bits per heavy atom. The maximum absolute atomic E-state index is 5.41. The summed E-state index contributed by atoms with van der Waals surface area (Å²) in [6.45, 7) is 10.9. The Bertz CT molecular complexity index is 414. The standard InChI is InChI=1S/C16H28N4OS/c1-14(13-19-7-9-21-10-8-19)12-18-15-2-5-20(6-3-15)16-17-4-11-22-16/h4,11,14-15,18H,2-3,5-10,12-13H2,1H3/t14-/m1/s1. The Morgan fingerprint density at radius 1 is 1.32 bits per heavy atom. The third-order valence-electron chi connectivity index (χ3n) is 4.61. The molecule has 0 bridgehead atoms. The molecule has 0 spiro atoms. The van der Waals surface area contributed by atoms with Gasteiger partial charge in [0.2, 0.25) is 0 Å². The van der Waals surface area contributed by atoms with E-state index in [1.807, 2.05) is 6.20 Å². The van der Waals surface area contributed by atoms with E-state index in [0.29, 0.717) is 12.0 Å². The van der Waals surface area contributed by atoms with Crippen LogP contribution in [0.5, 0.6) is 0 Å². The molecule has 1 aromatic heterocycles. The van der Waals surface area contributed by atoms with Gasteiger partial charge in [-0.25, -0.2) is 4.98 Å². The molecule has 2 aliphatic heterocycles. The van der Waals surface area contributed by atoms with Crippen LogP contribution in [0.1, 0.15) is 19.8 Å². The number of nitrogens with one attached hydrogen (secondary N) is 1. The van der Waals surface area contributed by atoms with Gasteiger partial charge in [-0.05, 0) is 25.3 Å². The second kappa shape index (κ2) is 8.24. The van der Waals surface area contributed by atoms with E-state index in [1.54, 1.807) is 11.3 Å². The van der Waals surface area contributed by atoms with Gasteiger partial charge in [-0.2, -0.15) is 0 Å². The lowest BCUT2D eigenvalue weighted by atomic mass is 10.0. The molecule has 6 heteroatoms. The minimum absolute atomic E-state index is 0.670. The number of hydrogen-bond acceptors (Lipinski definition) is 6. The van der Waals surface area contributed by atoms with Crippen molar-refractivity contribution >= 4 is 16.5 Å². The predicted molar refractivity (Wildman–Crippen MR) is 91.8 cm³/mol. The molecule has 2 saturated heterocycles. The lowest BCUT2D eigenvalue weighted by Crippen LogP contribution is -2.45. The number of rotatable bonds is 6. The molecule has 0 unspecified atom stereocenters. The fraction of sp³-hybridized carbons (Fsp3) is 0.812. The van der Waals surface area contributed by atoms with E-state index < -0.39 is 0 Å². The van der Waals surface area contributed by atoms with Crippen molar-refractivity contribution in [3.63, 3.8) is 0 Å². The Labute approximate surface area is 137 Å². The van der Waals surface area contributed by atoms with Crippen molar-refractivity contribution in [3.8, 4) is 0 Å². The molecule has 124 valence electrons. The largest absolute Gasteiger partial charge is 0.379 e. The maximum atomic E-state index is 5.41. The van der Waals surface area contributed by atoms with Crippen molar-refractivity contribution in [1.29, 1.82) is 0 Å². The zero-order chi connectivity index (χ0) is 15.2. The summed E-state index contributed by atoms with van der Waals surface area (Å²) in [5.41, 5.74) is 0. The maximum Gasteiger partial charge on any atom is 0.185 e. The normalized spacial score (nSPS) is 22.9. The molecule has 0 amide bonds. The summed E-state index contributed by atoms with van der Waals surface area (Å²) in [7, 11) is 0. The first-order valence-corrected chi connectivity index (χ1v) is 9.37. The van der Waals surface area contributed by atoms with E-state index in [0.717, 1.165) is 45.9 Å². The van der Waals surface area contributed by atoms with Gasteiger partial charge in [-0.15, -0.1) is 11.3 Å². The number of hydrogen-bond donors (Lipinski definition) is 1. The zero-order valence-electron chi connectivity index (χ0n) is 13.5. The van der Waals surface area contributed by atoms with Crippen LogP contribution in [0.4, 0.5) is 5.13 Å². The van der Waals surface area contributed by atoms with Gasteiger partial charge in [0.15, 0.2) is 5.13 Å². The first kappa shape index (κ1) is 16.2. The predicted octanol–water partition coefficient (Wildman–Crippen LogP) is 1.67. The summed E-state index contributed by atoms with van der Waals surface area (Å²) < 4.78 is 5.41. The fourth-order valence-corrected chi connectivity index (χ4v) is 4.00. The second-order valence-corrected chi connectivity index (χ2v) is 7.38. The van der Waals surface area contributed by atoms with Crippen LogP contribution in [-0.2, 0) is 4.74 Å². The highest BCUT2D eigenvalue weighted by Crippen LogP contribution is 2.22.